The van der Waals surface area contributed by atoms with Crippen LogP contribution in [0, 0.1) is 0 Å². The van der Waals surface area contributed by atoms with Crippen LogP contribution in [0.2, 0.25) is 0 Å². The highest BCUT2D eigenvalue weighted by Gasteiger charge is 2.32. The van der Waals surface area contributed by atoms with Gasteiger partial charge in [-0.3, -0.25) is 9.13 Å². The molecular weight excluding hydrogens is 216 g/mol. The average Bonchev–Trinajstić information content (AvgIpc) is 2.95. The van der Waals surface area contributed by atoms with E-state index < -0.39 is 0 Å². The van der Waals surface area contributed by atoms with Crippen LogP contribution >= 0.6 is 0 Å². The van der Waals surface area contributed by atoms with Crippen LogP contribution in [0.5, 0.6) is 0 Å². The highest BCUT2D eigenvalue weighted by Crippen LogP contribution is 2.33. The summed E-state index contributed by atoms with van der Waals surface area (Å²) in [7, 11) is 0. The normalized spacial score (nSPS) is 27.5. The van der Waals surface area contributed by atoms with Crippen molar-refractivity contribution >= 4 is 0 Å². The Balaban J connectivity index is 1.71. The van der Waals surface area contributed by atoms with Gasteiger partial charge in [0.1, 0.15) is 0 Å². The number of ether oxygens (including phenoxy) is 1. The quantitative estimate of drug-likeness (QED) is 0.804. The zero-order chi connectivity index (χ0) is 12.0. The van der Waals surface area contributed by atoms with Crippen LogP contribution in [0.3, 0.4) is 0 Å². The summed E-state index contributed by atoms with van der Waals surface area (Å²) < 4.78 is 9.58. The van der Waals surface area contributed by atoms with Gasteiger partial charge in [0.25, 0.3) is 0 Å². The average molecular weight is 236 g/mol. The van der Waals surface area contributed by atoms with Gasteiger partial charge in [-0.25, -0.2) is 4.79 Å². The Kier molecular flexibility index (Phi) is 2.43. The summed E-state index contributed by atoms with van der Waals surface area (Å²) in [5.74, 6) is 0. The number of rotatable bonds is 3. The minimum Gasteiger partial charge on any atom is -0.370 e. The number of nitrogens with zero attached hydrogens (tertiary/aromatic N) is 2. The fourth-order valence-corrected chi connectivity index (χ4v) is 2.62. The van der Waals surface area contributed by atoms with E-state index in [2.05, 4.69) is 13.8 Å². The summed E-state index contributed by atoms with van der Waals surface area (Å²) in [6, 6.07) is 0.463. The molecule has 1 aromatic rings. The van der Waals surface area contributed by atoms with E-state index in [4.69, 9.17) is 4.74 Å². The first kappa shape index (κ1) is 11.1. The van der Waals surface area contributed by atoms with Crippen LogP contribution < -0.4 is 5.69 Å². The van der Waals surface area contributed by atoms with Gasteiger partial charge < -0.3 is 4.74 Å². The predicted molar refractivity (Wildman–Crippen MR) is 65.1 cm³/mol. The van der Waals surface area contributed by atoms with Gasteiger partial charge in [0.05, 0.1) is 18.2 Å². The van der Waals surface area contributed by atoms with Gasteiger partial charge in [-0.1, -0.05) is 0 Å². The Hall–Kier alpha value is -1.03. The lowest BCUT2D eigenvalue weighted by atomic mass is 10.1. The van der Waals surface area contributed by atoms with E-state index in [0.717, 1.165) is 25.7 Å². The summed E-state index contributed by atoms with van der Waals surface area (Å²) in [5.41, 5.74) is 0.105. The van der Waals surface area contributed by atoms with Gasteiger partial charge >= 0.3 is 5.69 Å². The highest BCUT2D eigenvalue weighted by molar-refractivity contribution is 4.92. The number of aromatic nitrogens is 2. The number of imidazole rings is 1. The van der Waals surface area contributed by atoms with Crippen molar-refractivity contribution in [1.29, 1.82) is 0 Å². The Bertz CT molecular complexity index is 468. The largest absolute Gasteiger partial charge is 0.370 e. The summed E-state index contributed by atoms with van der Waals surface area (Å²) in [4.78, 5) is 12.1. The van der Waals surface area contributed by atoms with Crippen molar-refractivity contribution in [2.24, 2.45) is 0 Å². The van der Waals surface area contributed by atoms with Crippen LogP contribution in [-0.2, 0) is 11.3 Å². The Morgan fingerprint density at radius 1 is 1.35 bits per heavy atom. The second-order valence-electron chi connectivity index (χ2n) is 5.91. The molecule has 1 atom stereocenters. The number of hydrogen-bond donors (Lipinski definition) is 0. The summed E-state index contributed by atoms with van der Waals surface area (Å²) >= 11 is 0. The highest BCUT2D eigenvalue weighted by atomic mass is 16.5. The van der Waals surface area contributed by atoms with E-state index >= 15 is 0 Å². The third-order valence-corrected chi connectivity index (χ3v) is 3.77. The monoisotopic (exact) mass is 236 g/mol. The molecule has 1 saturated carbocycles. The fraction of sp³-hybridized carbons (Fsp3) is 0.769. The van der Waals surface area contributed by atoms with Gasteiger partial charge in [-0.2, -0.15) is 0 Å². The van der Waals surface area contributed by atoms with Crippen LogP contribution in [0.25, 0.3) is 0 Å². The molecule has 0 radical (unpaired) electrons. The van der Waals surface area contributed by atoms with Crippen LogP contribution in [-0.4, -0.2) is 20.8 Å². The fourth-order valence-electron chi connectivity index (χ4n) is 2.62. The molecule has 0 aromatic carbocycles. The molecule has 0 bridgehead atoms. The molecule has 1 aliphatic carbocycles. The maximum Gasteiger partial charge on any atom is 0.328 e. The van der Waals surface area contributed by atoms with Gasteiger partial charge in [0, 0.05) is 18.4 Å². The van der Waals surface area contributed by atoms with Crippen LogP contribution in [0.4, 0.5) is 0 Å². The maximum atomic E-state index is 12.1. The smallest absolute Gasteiger partial charge is 0.328 e. The van der Waals surface area contributed by atoms with Crippen molar-refractivity contribution in [1.82, 2.24) is 9.13 Å². The van der Waals surface area contributed by atoms with Gasteiger partial charge in [-0.15, -0.1) is 0 Å². The van der Waals surface area contributed by atoms with E-state index in [1.807, 2.05) is 17.0 Å². The third kappa shape index (κ3) is 2.18. The summed E-state index contributed by atoms with van der Waals surface area (Å²) in [6.07, 6.45) is 8.44. The van der Waals surface area contributed by atoms with Gasteiger partial charge in [-0.05, 0) is 39.5 Å². The topological polar surface area (TPSA) is 36.2 Å². The Morgan fingerprint density at radius 3 is 2.71 bits per heavy atom. The minimum atomic E-state index is -0.0205. The van der Waals surface area contributed by atoms with Crippen molar-refractivity contribution < 1.29 is 4.74 Å². The molecule has 1 aromatic heterocycles. The first-order valence-corrected chi connectivity index (χ1v) is 6.50. The molecule has 2 aliphatic rings. The Morgan fingerprint density at radius 2 is 2.12 bits per heavy atom. The molecule has 1 saturated heterocycles. The molecule has 2 heterocycles. The second-order valence-corrected chi connectivity index (χ2v) is 5.91. The van der Waals surface area contributed by atoms with E-state index in [9.17, 15) is 4.79 Å². The summed E-state index contributed by atoms with van der Waals surface area (Å²) in [5, 5.41) is 0. The summed E-state index contributed by atoms with van der Waals surface area (Å²) in [6.45, 7) is 4.93. The molecule has 4 heteroatoms. The van der Waals surface area contributed by atoms with Gasteiger partial charge in [0.15, 0.2) is 0 Å². The lowest BCUT2D eigenvalue weighted by molar-refractivity contribution is -0.0220. The predicted octanol–water partition coefficient (Wildman–Crippen LogP) is 1.94. The minimum absolute atomic E-state index is 0.0205. The molecule has 0 N–H and O–H groups in total. The zero-order valence-electron chi connectivity index (χ0n) is 10.6. The molecule has 2 fully saturated rings. The van der Waals surface area contributed by atoms with E-state index in [1.54, 1.807) is 4.57 Å². The Labute approximate surface area is 101 Å². The van der Waals surface area contributed by atoms with Crippen molar-refractivity contribution in [2.75, 3.05) is 0 Å². The van der Waals surface area contributed by atoms with E-state index in [1.165, 1.54) is 0 Å². The molecule has 0 spiro atoms. The van der Waals surface area contributed by atoms with Crippen molar-refractivity contribution in [3.8, 4) is 0 Å². The maximum absolute atomic E-state index is 12.1. The lowest BCUT2D eigenvalue weighted by Gasteiger charge is -2.19. The SMILES string of the molecule is CC1(C)CCC(Cn2ccn(C3CC3)c2=O)O1. The first-order valence-electron chi connectivity index (χ1n) is 6.50. The first-order chi connectivity index (χ1) is 8.05. The van der Waals surface area contributed by atoms with Crippen LogP contribution in [0.1, 0.15) is 45.6 Å². The van der Waals surface area contributed by atoms with Crippen molar-refractivity contribution in [2.45, 2.75) is 63.8 Å². The molecule has 4 nitrogen and oxygen atoms in total. The molecule has 1 unspecified atom stereocenters. The third-order valence-electron chi connectivity index (χ3n) is 3.77. The molecule has 3 rings (SSSR count). The van der Waals surface area contributed by atoms with Crippen molar-refractivity contribution in [3.63, 3.8) is 0 Å². The standard InChI is InChI=1S/C13H20N2O2/c1-13(2)6-5-11(17-13)9-14-7-8-15(12(14)16)10-3-4-10/h7-8,10-11H,3-6,9H2,1-2H3. The van der Waals surface area contributed by atoms with E-state index in [-0.39, 0.29) is 17.4 Å². The number of hydrogen-bond acceptors (Lipinski definition) is 2. The van der Waals surface area contributed by atoms with Crippen molar-refractivity contribution in [3.05, 3.63) is 22.9 Å². The lowest BCUT2D eigenvalue weighted by Crippen LogP contribution is -2.29. The zero-order valence-corrected chi connectivity index (χ0v) is 10.6. The molecule has 0 amide bonds. The van der Waals surface area contributed by atoms with E-state index in [0.29, 0.717) is 12.6 Å². The molecule has 1 aliphatic heterocycles. The molecule has 17 heavy (non-hydrogen) atoms. The molecular formula is C13H20N2O2. The van der Waals surface area contributed by atoms with Gasteiger partial charge in [0.2, 0.25) is 0 Å². The molecule has 94 valence electrons. The second kappa shape index (κ2) is 3.73. The van der Waals surface area contributed by atoms with Crippen LogP contribution in [0.15, 0.2) is 17.2 Å².